The number of thiophene rings is 1. The maximum atomic E-state index is 6.24. The Balaban J connectivity index is 2.17. The van der Waals surface area contributed by atoms with Crippen molar-refractivity contribution >= 4 is 28.8 Å². The zero-order valence-electron chi connectivity index (χ0n) is 12.9. The van der Waals surface area contributed by atoms with Crippen LogP contribution in [0.1, 0.15) is 37.3 Å². The average molecular weight is 324 g/mol. The molecule has 0 saturated heterocycles. The molecule has 0 aromatic carbocycles. The fourth-order valence-electron chi connectivity index (χ4n) is 2.03. The van der Waals surface area contributed by atoms with Crippen molar-refractivity contribution in [2.75, 3.05) is 11.9 Å². The largest absolute Gasteiger partial charge is 0.352 e. The molecule has 0 aliphatic heterocycles. The fourth-order valence-corrected chi connectivity index (χ4v) is 3.03. The number of aromatic nitrogens is 1. The van der Waals surface area contributed by atoms with Crippen molar-refractivity contribution in [3.05, 3.63) is 45.2 Å². The second-order valence-corrected chi connectivity index (χ2v) is 6.86. The second-order valence-electron chi connectivity index (χ2n) is 5.47. The van der Waals surface area contributed by atoms with Gasteiger partial charge in [-0.3, -0.25) is 0 Å². The second kappa shape index (κ2) is 7.25. The number of nitrogens with one attached hydrogen (secondary N) is 1. The molecule has 3 nitrogen and oxygen atoms in total. The highest BCUT2D eigenvalue weighted by atomic mass is 35.5. The number of hydrogen-bond acceptors (Lipinski definition) is 4. The summed E-state index contributed by atoms with van der Waals surface area (Å²) in [5.74, 6) is 0.945. The summed E-state index contributed by atoms with van der Waals surface area (Å²) >= 11 is 8.01. The first-order valence-corrected chi connectivity index (χ1v) is 8.39. The lowest BCUT2D eigenvalue weighted by atomic mass is 10.2. The number of nitrogens with zero attached hydrogens (tertiary/aromatic N) is 2. The smallest absolute Gasteiger partial charge is 0.129 e. The van der Waals surface area contributed by atoms with Gasteiger partial charge in [-0.1, -0.05) is 31.5 Å². The van der Waals surface area contributed by atoms with E-state index in [-0.39, 0.29) is 0 Å². The summed E-state index contributed by atoms with van der Waals surface area (Å²) in [5.41, 5.74) is 1.08. The van der Waals surface area contributed by atoms with E-state index >= 15 is 0 Å². The van der Waals surface area contributed by atoms with Crippen molar-refractivity contribution in [2.24, 2.45) is 0 Å². The zero-order valence-corrected chi connectivity index (χ0v) is 14.5. The van der Waals surface area contributed by atoms with Crippen LogP contribution in [0.2, 0.25) is 5.02 Å². The monoisotopic (exact) mass is 323 g/mol. The Morgan fingerprint density at radius 1 is 1.38 bits per heavy atom. The molecule has 114 valence electrons. The highest BCUT2D eigenvalue weighted by Crippen LogP contribution is 2.28. The van der Waals surface area contributed by atoms with Crippen LogP contribution in [-0.2, 0) is 6.54 Å². The molecule has 1 atom stereocenters. The Labute approximate surface area is 136 Å². The summed E-state index contributed by atoms with van der Waals surface area (Å²) in [6, 6.07) is 7.03. The van der Waals surface area contributed by atoms with Crippen molar-refractivity contribution < 1.29 is 0 Å². The molecule has 0 radical (unpaired) electrons. The van der Waals surface area contributed by atoms with E-state index in [1.807, 2.05) is 0 Å². The Hall–Kier alpha value is -1.10. The summed E-state index contributed by atoms with van der Waals surface area (Å²) in [6.07, 6.45) is 1.74. The van der Waals surface area contributed by atoms with Crippen LogP contribution in [0, 0.1) is 0 Å². The molecule has 2 heterocycles. The molecule has 0 fully saturated rings. The maximum absolute atomic E-state index is 6.24. The van der Waals surface area contributed by atoms with Gasteiger partial charge in [-0.15, -0.1) is 11.3 Å². The average Bonchev–Trinajstić information content (AvgIpc) is 2.99. The third-order valence-electron chi connectivity index (χ3n) is 3.52. The van der Waals surface area contributed by atoms with E-state index in [9.17, 15) is 0 Å². The van der Waals surface area contributed by atoms with Crippen LogP contribution in [-0.4, -0.2) is 18.1 Å². The van der Waals surface area contributed by atoms with Gasteiger partial charge in [0.25, 0.3) is 0 Å². The highest BCUT2D eigenvalue weighted by molar-refractivity contribution is 7.10. The summed E-state index contributed by atoms with van der Waals surface area (Å²) in [7, 11) is 2.07. The predicted octanol–water partition coefficient (Wildman–Crippen LogP) is 4.49. The number of pyridine rings is 1. The molecule has 5 heteroatoms. The first kappa shape index (κ1) is 16.3. The van der Waals surface area contributed by atoms with E-state index in [2.05, 4.69) is 66.6 Å². The molecule has 2 aromatic rings. The van der Waals surface area contributed by atoms with Gasteiger partial charge in [0.15, 0.2) is 0 Å². The molecular weight excluding hydrogens is 302 g/mol. The number of halogens is 1. The molecule has 2 rings (SSSR count). The van der Waals surface area contributed by atoms with Crippen LogP contribution in [0.5, 0.6) is 0 Å². The van der Waals surface area contributed by atoms with Gasteiger partial charge in [-0.05, 0) is 30.0 Å². The molecule has 21 heavy (non-hydrogen) atoms. The Kier molecular flexibility index (Phi) is 5.62. The standard InChI is InChI=1S/C16H22ClN3S/c1-11(2)18-9-13-8-16(19-10-14(13)17)20(4)12(3)15-6-5-7-21-15/h5-8,10-12,18H,9H2,1-4H3. The maximum Gasteiger partial charge on any atom is 0.129 e. The molecular formula is C16H22ClN3S. The molecule has 0 aliphatic rings. The van der Waals surface area contributed by atoms with Gasteiger partial charge in [0.2, 0.25) is 0 Å². The fraction of sp³-hybridized carbons (Fsp3) is 0.438. The van der Waals surface area contributed by atoms with Gasteiger partial charge in [-0.25, -0.2) is 4.98 Å². The lowest BCUT2D eigenvalue weighted by Gasteiger charge is -2.26. The summed E-state index contributed by atoms with van der Waals surface area (Å²) < 4.78 is 0. The van der Waals surface area contributed by atoms with E-state index in [0.717, 1.165) is 17.9 Å². The first-order chi connectivity index (χ1) is 9.99. The lowest BCUT2D eigenvalue weighted by Crippen LogP contribution is -2.24. The van der Waals surface area contributed by atoms with E-state index < -0.39 is 0 Å². The van der Waals surface area contributed by atoms with Gasteiger partial charge in [0.05, 0.1) is 11.1 Å². The van der Waals surface area contributed by atoms with Crippen molar-refractivity contribution in [3.8, 4) is 0 Å². The van der Waals surface area contributed by atoms with Crippen molar-refractivity contribution in [1.82, 2.24) is 10.3 Å². The lowest BCUT2D eigenvalue weighted by molar-refractivity contribution is 0.588. The molecule has 1 N–H and O–H groups in total. The van der Waals surface area contributed by atoms with Gasteiger partial charge in [0.1, 0.15) is 5.82 Å². The molecule has 2 aromatic heterocycles. The third kappa shape index (κ3) is 4.19. The molecule has 0 spiro atoms. The minimum Gasteiger partial charge on any atom is -0.352 e. The van der Waals surface area contributed by atoms with Crippen LogP contribution >= 0.6 is 22.9 Å². The van der Waals surface area contributed by atoms with Crippen LogP contribution < -0.4 is 10.2 Å². The SMILES string of the molecule is CC(C)NCc1cc(N(C)C(C)c2cccs2)ncc1Cl. The topological polar surface area (TPSA) is 28.2 Å². The zero-order chi connectivity index (χ0) is 15.4. The minimum absolute atomic E-state index is 0.296. The van der Waals surface area contributed by atoms with Crippen molar-refractivity contribution in [1.29, 1.82) is 0 Å². The van der Waals surface area contributed by atoms with Crippen LogP contribution in [0.25, 0.3) is 0 Å². The Morgan fingerprint density at radius 3 is 2.76 bits per heavy atom. The Morgan fingerprint density at radius 2 is 2.14 bits per heavy atom. The molecule has 0 aliphatic carbocycles. The first-order valence-electron chi connectivity index (χ1n) is 7.13. The number of hydrogen-bond donors (Lipinski definition) is 1. The number of anilines is 1. The molecule has 0 saturated carbocycles. The normalized spacial score (nSPS) is 12.7. The molecule has 0 bridgehead atoms. The molecule has 1 unspecified atom stereocenters. The van der Waals surface area contributed by atoms with Gasteiger partial charge in [0, 0.05) is 30.7 Å². The van der Waals surface area contributed by atoms with Gasteiger partial charge >= 0.3 is 0 Å². The van der Waals surface area contributed by atoms with Crippen LogP contribution in [0.3, 0.4) is 0 Å². The highest BCUT2D eigenvalue weighted by Gasteiger charge is 2.15. The quantitative estimate of drug-likeness (QED) is 0.848. The molecule has 0 amide bonds. The van der Waals surface area contributed by atoms with E-state index in [4.69, 9.17) is 11.6 Å². The summed E-state index contributed by atoms with van der Waals surface area (Å²) in [5, 5.41) is 6.21. The van der Waals surface area contributed by atoms with Crippen LogP contribution in [0.15, 0.2) is 29.8 Å². The minimum atomic E-state index is 0.296. The van der Waals surface area contributed by atoms with Gasteiger partial charge < -0.3 is 10.2 Å². The summed E-state index contributed by atoms with van der Waals surface area (Å²) in [6.45, 7) is 7.20. The third-order valence-corrected chi connectivity index (χ3v) is 4.90. The van der Waals surface area contributed by atoms with Crippen LogP contribution in [0.4, 0.5) is 5.82 Å². The van der Waals surface area contributed by atoms with Gasteiger partial charge in [-0.2, -0.15) is 0 Å². The van der Waals surface area contributed by atoms with Crippen molar-refractivity contribution in [2.45, 2.75) is 39.4 Å². The summed E-state index contributed by atoms with van der Waals surface area (Å²) in [4.78, 5) is 7.98. The van der Waals surface area contributed by atoms with E-state index in [0.29, 0.717) is 17.1 Å². The Bertz CT molecular complexity index is 569. The van der Waals surface area contributed by atoms with E-state index in [1.165, 1.54) is 4.88 Å². The predicted molar refractivity (Wildman–Crippen MR) is 92.4 cm³/mol. The van der Waals surface area contributed by atoms with Crippen molar-refractivity contribution in [3.63, 3.8) is 0 Å². The van der Waals surface area contributed by atoms with E-state index in [1.54, 1.807) is 17.5 Å². The number of rotatable bonds is 6.